The fourth-order valence-corrected chi connectivity index (χ4v) is 9.36. The molecule has 2 aliphatic carbocycles. The summed E-state index contributed by atoms with van der Waals surface area (Å²) in [6.07, 6.45) is 17.7. The normalized spacial score (nSPS) is 27.1. The first-order valence-electron chi connectivity index (χ1n) is 19.1. The van der Waals surface area contributed by atoms with Crippen molar-refractivity contribution in [3.8, 4) is 22.8 Å². The van der Waals surface area contributed by atoms with E-state index in [1.54, 1.807) is 6.20 Å². The Morgan fingerprint density at radius 1 is 0.745 bits per heavy atom. The first kappa shape index (κ1) is 39.6. The number of rotatable bonds is 14. The number of carbonyl (C=O) groups excluding carboxylic acids is 1. The summed E-state index contributed by atoms with van der Waals surface area (Å²) in [7, 11) is 0. The molecule has 51 heavy (non-hydrogen) atoms. The molecule has 4 heterocycles. The number of benzene rings is 2. The van der Waals surface area contributed by atoms with Gasteiger partial charge in [-0.1, -0.05) is 103 Å². The average Bonchev–Trinajstić information content (AvgIpc) is 3.67. The maximum absolute atomic E-state index is 12.8. The van der Waals surface area contributed by atoms with Crippen molar-refractivity contribution >= 4 is 23.3 Å². The van der Waals surface area contributed by atoms with E-state index >= 15 is 0 Å². The molecule has 2 saturated carbocycles. The first-order chi connectivity index (χ1) is 23.9. The van der Waals surface area contributed by atoms with Crippen molar-refractivity contribution in [3.63, 3.8) is 0 Å². The number of hydrogen-bond donors (Lipinski definition) is 2. The molecule has 2 aromatic carbocycles. The van der Waals surface area contributed by atoms with Crippen LogP contribution in [-0.4, -0.2) is 85.7 Å². The molecule has 8 rings (SSSR count). The number of hydrogen-bond acceptors (Lipinski definition) is 4. The molecule has 0 radical (unpaired) electrons. The van der Waals surface area contributed by atoms with Crippen LogP contribution < -0.4 is 18.9 Å². The van der Waals surface area contributed by atoms with E-state index < -0.39 is 0 Å². The van der Waals surface area contributed by atoms with Crippen molar-refractivity contribution < 1.29 is 27.9 Å². The van der Waals surface area contributed by atoms with Crippen molar-refractivity contribution in [1.82, 2.24) is 29.7 Å². The zero-order valence-electron chi connectivity index (χ0n) is 32.1. The number of aromatic amines is 2. The fraction of sp³-hybridized carbons (Fsp3) is 0.548. The van der Waals surface area contributed by atoms with Gasteiger partial charge in [0.2, 0.25) is 5.91 Å². The summed E-state index contributed by atoms with van der Waals surface area (Å²) in [5.41, 5.74) is 5.45. The van der Waals surface area contributed by atoms with Crippen molar-refractivity contribution in [2.45, 2.75) is 89.9 Å². The van der Waals surface area contributed by atoms with Crippen LogP contribution >= 0.6 is 0 Å². The Kier molecular flexibility index (Phi) is 13.2. The van der Waals surface area contributed by atoms with Gasteiger partial charge in [-0.15, -0.1) is 0 Å². The van der Waals surface area contributed by atoms with Crippen LogP contribution in [0.25, 0.3) is 22.8 Å². The van der Waals surface area contributed by atoms with E-state index in [0.29, 0.717) is 17.2 Å². The molecule has 4 aliphatic rings. The van der Waals surface area contributed by atoms with E-state index in [1.807, 2.05) is 18.6 Å². The second-order valence-electron chi connectivity index (χ2n) is 15.6. The Hall–Kier alpha value is -2.58. The van der Waals surface area contributed by atoms with E-state index in [-0.39, 0.29) is 51.8 Å². The van der Waals surface area contributed by atoms with Gasteiger partial charge in [0, 0.05) is 75.8 Å². The molecule has 4 aromatic rings. The molecule has 5 unspecified atom stereocenters. The summed E-state index contributed by atoms with van der Waals surface area (Å²) < 4.78 is 0. The Bertz CT molecular complexity index is 1700. The summed E-state index contributed by atoms with van der Waals surface area (Å²) in [6, 6.07) is 17.5. The number of nitrogens with one attached hydrogen (secondary N) is 2. The molecule has 1 amide bonds. The second-order valence-corrected chi connectivity index (χ2v) is 15.6. The Morgan fingerprint density at radius 2 is 1.27 bits per heavy atom. The van der Waals surface area contributed by atoms with E-state index in [2.05, 4.69) is 106 Å². The summed E-state index contributed by atoms with van der Waals surface area (Å²) >= 11 is 0. The molecule has 9 heteroatoms. The van der Waals surface area contributed by atoms with Crippen LogP contribution in [-0.2, 0) is 15.6 Å². The summed E-state index contributed by atoms with van der Waals surface area (Å²) in [4.78, 5) is 32.8. The number of fused-ring (bicyclic) bond motifs is 2. The van der Waals surface area contributed by atoms with Gasteiger partial charge in [0.15, 0.2) is 17.4 Å². The van der Waals surface area contributed by atoms with Crippen LogP contribution in [0.4, 0.5) is 0 Å². The summed E-state index contributed by atoms with van der Waals surface area (Å²) in [6.45, 7) is 15.0. The third-order valence-electron chi connectivity index (χ3n) is 12.7. The monoisotopic (exact) mass is 703 g/mol. The summed E-state index contributed by atoms with van der Waals surface area (Å²) in [5.74, 6) is 4.56. The summed E-state index contributed by atoms with van der Waals surface area (Å²) in [5, 5.41) is 0. The Morgan fingerprint density at radius 3 is 1.75 bits per heavy atom. The zero-order chi connectivity index (χ0) is 34.0. The van der Waals surface area contributed by atoms with Gasteiger partial charge in [-0.3, -0.25) is 4.79 Å². The van der Waals surface area contributed by atoms with Crippen molar-refractivity contribution in [3.05, 3.63) is 84.4 Å². The minimum Gasteiger partial charge on any atom is -1.00 e. The maximum atomic E-state index is 12.8. The molecule has 4 fully saturated rings. The number of aromatic nitrogens is 4. The van der Waals surface area contributed by atoms with Gasteiger partial charge in [0.05, 0.1) is 5.92 Å². The predicted molar refractivity (Wildman–Crippen MR) is 213 cm³/mol. The molecule has 2 aromatic heterocycles. The van der Waals surface area contributed by atoms with E-state index in [4.69, 9.17) is 0 Å². The molecule has 2 aliphatic heterocycles. The van der Waals surface area contributed by atoms with Gasteiger partial charge in [-0.25, -0.2) is 9.97 Å². The van der Waals surface area contributed by atoms with Gasteiger partial charge < -0.3 is 21.2 Å². The van der Waals surface area contributed by atoms with Crippen LogP contribution in [0.15, 0.2) is 73.3 Å². The van der Waals surface area contributed by atoms with Crippen molar-refractivity contribution in [2.24, 2.45) is 23.7 Å². The van der Waals surface area contributed by atoms with E-state index in [9.17, 15) is 4.79 Å². The van der Waals surface area contributed by atoms with Gasteiger partial charge >= 0.3 is 18.9 Å². The standard InChI is InChI=1S/C21H27N3O.C21H29N3.Al.Li.2H2.4H/c1-3-4-5-6-12-24-14-17-18(20(24)25)21(17,2)16-9-7-8-15(13-16)19-22-10-11-23-19;1-3-4-5-6-12-24-14-18-19(15-24)21(18,2)17-9-7-8-16(13-17)20-22-10-11-23-20;;;;;;;;/h7-11,13,17-18H,3-6,12,14H2,1-2H3,(H,22,23);7-11,13,18-19H,3-6,12,14-15H2,1-2H3,(H,22,23);;;2*1H;;;;/q;;;+1;;;;;;-1. The quantitative estimate of drug-likeness (QED) is 0.145. The minimum absolute atomic E-state index is 0. The molecule has 7 nitrogen and oxygen atoms in total. The van der Waals surface area contributed by atoms with Crippen LogP contribution in [0.1, 0.15) is 94.5 Å². The van der Waals surface area contributed by atoms with Crippen LogP contribution in [0.2, 0.25) is 0 Å². The van der Waals surface area contributed by atoms with Crippen LogP contribution in [0.3, 0.4) is 0 Å². The van der Waals surface area contributed by atoms with E-state index in [1.165, 1.54) is 81.3 Å². The van der Waals surface area contributed by atoms with Crippen molar-refractivity contribution in [2.75, 3.05) is 32.7 Å². The topological polar surface area (TPSA) is 80.9 Å². The maximum Gasteiger partial charge on any atom is 1.00 e. The number of amides is 1. The molecular formula is C42H64AlLiN6O. The predicted octanol–water partition coefficient (Wildman–Crippen LogP) is 4.90. The van der Waals surface area contributed by atoms with Gasteiger partial charge in [0.1, 0.15) is 11.6 Å². The van der Waals surface area contributed by atoms with E-state index in [0.717, 1.165) is 48.6 Å². The van der Waals surface area contributed by atoms with Crippen molar-refractivity contribution in [1.29, 1.82) is 0 Å². The smallest absolute Gasteiger partial charge is 1.00 e. The molecule has 2 saturated heterocycles. The molecule has 0 bridgehead atoms. The second kappa shape index (κ2) is 17.0. The third-order valence-corrected chi connectivity index (χ3v) is 12.7. The molecular weight excluding hydrogens is 638 g/mol. The Labute approximate surface area is 333 Å². The number of piperidine rings is 2. The largest absolute Gasteiger partial charge is 1.00 e. The average molecular weight is 703 g/mol. The number of nitrogens with zero attached hydrogens (tertiary/aromatic N) is 4. The van der Waals surface area contributed by atoms with Gasteiger partial charge in [-0.05, 0) is 60.4 Å². The zero-order valence-corrected chi connectivity index (χ0v) is 31.1. The number of carbonyl (C=O) groups is 1. The number of imidazole rings is 2. The molecule has 272 valence electrons. The van der Waals surface area contributed by atoms with Gasteiger partial charge in [-0.2, -0.15) is 0 Å². The molecule has 5 atom stereocenters. The number of likely N-dealkylation sites (tertiary alicyclic amines) is 2. The van der Waals surface area contributed by atoms with Crippen LogP contribution in [0.5, 0.6) is 0 Å². The Balaban J connectivity index is 0.000000342. The third kappa shape index (κ3) is 7.88. The molecule has 2 N–H and O–H groups in total. The molecule has 0 spiro atoms. The SMILES string of the molecule is CCCCCCN1CC2C(C1)C2(C)c1cccc(-c2ncc[nH]2)c1.CCCCCCN1CC2C(C1=O)C2(C)c1cccc(-c2ncc[nH]2)c1.[AlH3].[H-].[HH].[HH].[Li+]. The minimum atomic E-state index is -0.000392. The first-order valence-corrected chi connectivity index (χ1v) is 19.1. The number of H-pyrrole nitrogens is 2. The number of unbranched alkanes of at least 4 members (excludes halogenated alkanes) is 6. The van der Waals surface area contributed by atoms with Gasteiger partial charge in [0.25, 0.3) is 0 Å². The fourth-order valence-electron chi connectivity index (χ4n) is 9.36. The van der Waals surface area contributed by atoms with Crippen LogP contribution in [0, 0.1) is 23.7 Å².